The van der Waals surface area contributed by atoms with Crippen LogP contribution in [0, 0.1) is 5.92 Å². The molecular formula is C9H20N2O. The molecule has 3 nitrogen and oxygen atoms in total. The molecule has 0 aromatic heterocycles. The Morgan fingerprint density at radius 2 is 2.00 bits per heavy atom. The lowest BCUT2D eigenvalue weighted by Gasteiger charge is -2.15. The zero-order chi connectivity index (χ0) is 9.56. The van der Waals surface area contributed by atoms with Crippen molar-refractivity contribution in [2.45, 2.75) is 39.7 Å². The molecule has 3 N–H and O–H groups in total. The molecule has 3 heteroatoms. The lowest BCUT2D eigenvalue weighted by atomic mass is 10.1. The topological polar surface area (TPSA) is 55.1 Å². The molecule has 0 rings (SSSR count). The zero-order valence-corrected chi connectivity index (χ0v) is 8.26. The van der Waals surface area contributed by atoms with Crippen LogP contribution < -0.4 is 11.1 Å². The van der Waals surface area contributed by atoms with Crippen molar-refractivity contribution >= 4 is 5.91 Å². The summed E-state index contributed by atoms with van der Waals surface area (Å²) in [5, 5.41) is 3.26. The molecule has 72 valence electrons. The molecule has 0 heterocycles. The molecule has 0 fully saturated rings. The van der Waals surface area contributed by atoms with Crippen molar-refractivity contribution in [3.63, 3.8) is 0 Å². The van der Waals surface area contributed by atoms with Crippen LogP contribution in [0.25, 0.3) is 0 Å². The van der Waals surface area contributed by atoms with E-state index < -0.39 is 0 Å². The average molecular weight is 172 g/mol. The Morgan fingerprint density at radius 1 is 1.42 bits per heavy atom. The molecular weight excluding hydrogens is 152 g/mol. The molecule has 1 amide bonds. The number of primary amides is 1. The number of amides is 1. The van der Waals surface area contributed by atoms with Gasteiger partial charge in [-0.15, -0.1) is 0 Å². The van der Waals surface area contributed by atoms with E-state index in [1.54, 1.807) is 0 Å². The Bertz CT molecular complexity index is 136. The van der Waals surface area contributed by atoms with Crippen LogP contribution in [0.3, 0.4) is 0 Å². The van der Waals surface area contributed by atoms with Crippen LogP contribution in [0.2, 0.25) is 0 Å². The van der Waals surface area contributed by atoms with Gasteiger partial charge in [-0.3, -0.25) is 4.79 Å². The van der Waals surface area contributed by atoms with Crippen LogP contribution in [-0.4, -0.2) is 18.5 Å². The Balaban J connectivity index is 3.65. The summed E-state index contributed by atoms with van der Waals surface area (Å²) in [7, 11) is 0. The maximum atomic E-state index is 10.8. The van der Waals surface area contributed by atoms with E-state index in [0.29, 0.717) is 12.6 Å². The van der Waals surface area contributed by atoms with Crippen LogP contribution in [0.1, 0.15) is 33.6 Å². The number of carbonyl (C=O) groups is 1. The van der Waals surface area contributed by atoms with E-state index >= 15 is 0 Å². The molecule has 0 radical (unpaired) electrons. The Labute approximate surface area is 74.7 Å². The van der Waals surface area contributed by atoms with Crippen molar-refractivity contribution in [1.29, 1.82) is 0 Å². The van der Waals surface area contributed by atoms with Crippen LogP contribution in [0.5, 0.6) is 0 Å². The van der Waals surface area contributed by atoms with E-state index in [1.165, 1.54) is 0 Å². The van der Waals surface area contributed by atoms with Gasteiger partial charge >= 0.3 is 0 Å². The van der Waals surface area contributed by atoms with Crippen LogP contribution in [0.4, 0.5) is 0 Å². The van der Waals surface area contributed by atoms with E-state index in [9.17, 15) is 4.79 Å². The number of hydrogen-bond acceptors (Lipinski definition) is 2. The third-order valence-electron chi connectivity index (χ3n) is 2.22. The van der Waals surface area contributed by atoms with Crippen molar-refractivity contribution in [2.24, 2.45) is 11.7 Å². The summed E-state index contributed by atoms with van der Waals surface area (Å²) in [5.41, 5.74) is 5.20. The monoisotopic (exact) mass is 172 g/mol. The Hall–Kier alpha value is -0.570. The highest BCUT2D eigenvalue weighted by Crippen LogP contribution is 2.00. The second-order valence-corrected chi connectivity index (χ2v) is 3.23. The van der Waals surface area contributed by atoms with Crippen LogP contribution in [0.15, 0.2) is 0 Å². The number of nitrogens with one attached hydrogen (secondary N) is 1. The molecule has 0 bridgehead atoms. The summed E-state index contributed by atoms with van der Waals surface area (Å²) >= 11 is 0. The first kappa shape index (κ1) is 11.4. The van der Waals surface area contributed by atoms with Gasteiger partial charge in [-0.25, -0.2) is 0 Å². The van der Waals surface area contributed by atoms with Gasteiger partial charge in [0.05, 0.1) is 0 Å². The maximum Gasteiger partial charge on any atom is 0.221 e. The van der Waals surface area contributed by atoms with E-state index in [1.807, 2.05) is 6.92 Å². The number of hydrogen-bond donors (Lipinski definition) is 2. The molecule has 0 saturated heterocycles. The fourth-order valence-electron chi connectivity index (χ4n) is 0.934. The molecule has 0 aliphatic rings. The van der Waals surface area contributed by atoms with Gasteiger partial charge in [0.25, 0.3) is 0 Å². The van der Waals surface area contributed by atoms with Gasteiger partial charge in [0.15, 0.2) is 0 Å². The molecule has 12 heavy (non-hydrogen) atoms. The number of rotatable bonds is 6. The summed E-state index contributed by atoms with van der Waals surface area (Å²) in [6, 6.07) is 0.471. The minimum Gasteiger partial charge on any atom is -0.369 e. The highest BCUT2D eigenvalue weighted by molar-refractivity contribution is 5.76. The summed E-state index contributed by atoms with van der Waals surface area (Å²) in [4.78, 5) is 10.8. The van der Waals surface area contributed by atoms with Crippen molar-refractivity contribution in [3.8, 4) is 0 Å². The van der Waals surface area contributed by atoms with E-state index in [0.717, 1.165) is 12.8 Å². The van der Waals surface area contributed by atoms with Crippen LogP contribution in [-0.2, 0) is 4.79 Å². The lowest BCUT2D eigenvalue weighted by molar-refractivity contribution is -0.121. The van der Waals surface area contributed by atoms with Crippen molar-refractivity contribution in [1.82, 2.24) is 5.32 Å². The van der Waals surface area contributed by atoms with Gasteiger partial charge in [-0.1, -0.05) is 13.8 Å². The first-order chi connectivity index (χ1) is 5.61. The Morgan fingerprint density at radius 3 is 2.33 bits per heavy atom. The van der Waals surface area contributed by atoms with Gasteiger partial charge in [0, 0.05) is 18.5 Å². The van der Waals surface area contributed by atoms with E-state index in [-0.39, 0.29) is 11.8 Å². The normalized spacial score (nSPS) is 15.6. The number of nitrogens with two attached hydrogens (primary N) is 1. The van der Waals surface area contributed by atoms with Gasteiger partial charge < -0.3 is 11.1 Å². The minimum absolute atomic E-state index is 0.0148. The molecule has 0 saturated carbocycles. The van der Waals surface area contributed by atoms with Crippen molar-refractivity contribution in [3.05, 3.63) is 0 Å². The summed E-state index contributed by atoms with van der Waals surface area (Å²) < 4.78 is 0. The summed E-state index contributed by atoms with van der Waals surface area (Å²) in [6.45, 7) is 6.91. The zero-order valence-electron chi connectivity index (χ0n) is 8.26. The largest absolute Gasteiger partial charge is 0.369 e. The van der Waals surface area contributed by atoms with Gasteiger partial charge in [-0.05, 0) is 19.8 Å². The molecule has 0 aliphatic heterocycles. The van der Waals surface area contributed by atoms with E-state index in [4.69, 9.17) is 5.73 Å². The van der Waals surface area contributed by atoms with Crippen molar-refractivity contribution < 1.29 is 4.79 Å². The van der Waals surface area contributed by atoms with Crippen molar-refractivity contribution in [2.75, 3.05) is 6.54 Å². The SMILES string of the molecule is CCC(C)NCC(CC)C(N)=O. The predicted molar refractivity (Wildman–Crippen MR) is 50.7 cm³/mol. The smallest absolute Gasteiger partial charge is 0.221 e. The van der Waals surface area contributed by atoms with Gasteiger partial charge in [0.2, 0.25) is 5.91 Å². The molecule has 2 unspecified atom stereocenters. The van der Waals surface area contributed by atoms with E-state index in [2.05, 4.69) is 19.2 Å². The predicted octanol–water partition coefficient (Wildman–Crippen LogP) is 0.886. The fraction of sp³-hybridized carbons (Fsp3) is 0.889. The first-order valence-electron chi connectivity index (χ1n) is 4.64. The highest BCUT2D eigenvalue weighted by atomic mass is 16.1. The fourth-order valence-corrected chi connectivity index (χ4v) is 0.934. The van der Waals surface area contributed by atoms with Crippen LogP contribution >= 0.6 is 0 Å². The van der Waals surface area contributed by atoms with Gasteiger partial charge in [0.1, 0.15) is 0 Å². The summed E-state index contributed by atoms with van der Waals surface area (Å²) in [5.74, 6) is -0.215. The molecule has 0 aliphatic carbocycles. The standard InChI is InChI=1S/C9H20N2O/c1-4-7(3)11-6-8(5-2)9(10)12/h7-8,11H,4-6H2,1-3H3,(H2,10,12). The Kier molecular flexibility index (Phi) is 5.72. The minimum atomic E-state index is -0.201. The highest BCUT2D eigenvalue weighted by Gasteiger charge is 2.12. The first-order valence-corrected chi connectivity index (χ1v) is 4.64. The molecule has 0 aromatic rings. The second-order valence-electron chi connectivity index (χ2n) is 3.23. The third kappa shape index (κ3) is 4.34. The number of carbonyl (C=O) groups excluding carboxylic acids is 1. The second kappa shape index (κ2) is 6.00. The van der Waals surface area contributed by atoms with Gasteiger partial charge in [-0.2, -0.15) is 0 Å². The average Bonchev–Trinajstić information content (AvgIpc) is 2.04. The lowest BCUT2D eigenvalue weighted by Crippen LogP contribution is -2.36. The quantitative estimate of drug-likeness (QED) is 0.625. The maximum absolute atomic E-state index is 10.8. The summed E-state index contributed by atoms with van der Waals surface area (Å²) in [6.07, 6.45) is 1.90. The molecule has 2 atom stereocenters. The third-order valence-corrected chi connectivity index (χ3v) is 2.22. The molecule has 0 aromatic carbocycles. The molecule has 0 spiro atoms.